The van der Waals surface area contributed by atoms with Crippen molar-refractivity contribution in [2.75, 3.05) is 0 Å². The predicted octanol–water partition coefficient (Wildman–Crippen LogP) is 2.06. The Bertz CT molecular complexity index is 125. The van der Waals surface area contributed by atoms with Crippen LogP contribution in [0.25, 0.3) is 0 Å². The molecule has 0 radical (unpaired) electrons. The Balaban J connectivity index is 2.49. The molecule has 0 aromatic heterocycles. The highest BCUT2D eigenvalue weighted by atomic mass is 14.1. The van der Waals surface area contributed by atoms with Crippen molar-refractivity contribution in [3.05, 3.63) is 0 Å². The summed E-state index contributed by atoms with van der Waals surface area (Å²) in [6.07, 6.45) is 2.41. The van der Waals surface area contributed by atoms with Gasteiger partial charge in [-0.1, -0.05) is 13.8 Å². The van der Waals surface area contributed by atoms with Gasteiger partial charge in [-0.15, -0.1) is 11.8 Å². The molecule has 1 aliphatic rings. The molecule has 0 N–H and O–H groups in total. The van der Waals surface area contributed by atoms with Crippen LogP contribution in [0, 0.1) is 23.7 Å². The molecule has 0 saturated heterocycles. The molecule has 0 aromatic rings. The monoisotopic (exact) mass is 108 g/mol. The molecule has 44 valence electrons. The molecule has 0 fully saturated rings. The summed E-state index contributed by atoms with van der Waals surface area (Å²) < 4.78 is 0. The van der Waals surface area contributed by atoms with Crippen molar-refractivity contribution in [2.24, 2.45) is 11.8 Å². The van der Waals surface area contributed by atoms with Gasteiger partial charge >= 0.3 is 0 Å². The molecule has 2 atom stereocenters. The molecule has 0 spiro atoms. The Kier molecular flexibility index (Phi) is 1.58. The van der Waals surface area contributed by atoms with Crippen LogP contribution in [0.2, 0.25) is 0 Å². The first kappa shape index (κ1) is 5.69. The first-order chi connectivity index (χ1) is 3.79. The summed E-state index contributed by atoms with van der Waals surface area (Å²) in [5.74, 6) is 7.79. The third-order valence-corrected chi connectivity index (χ3v) is 1.55. The lowest BCUT2D eigenvalue weighted by Crippen LogP contribution is -2.04. The third kappa shape index (κ3) is 1.26. The van der Waals surface area contributed by atoms with Crippen molar-refractivity contribution in [1.82, 2.24) is 0 Å². The molecule has 1 aliphatic carbocycles. The maximum atomic E-state index is 3.16. The molecular formula is C8H12. The summed E-state index contributed by atoms with van der Waals surface area (Å²) in [5.41, 5.74) is 0. The summed E-state index contributed by atoms with van der Waals surface area (Å²) >= 11 is 0. The fraction of sp³-hybridized carbons (Fsp3) is 0.750. The number of hydrogen-bond donors (Lipinski definition) is 0. The second-order valence-corrected chi connectivity index (χ2v) is 2.77. The topological polar surface area (TPSA) is 0 Å². The molecule has 0 saturated carbocycles. The normalized spacial score (nSPS) is 35.8. The van der Waals surface area contributed by atoms with E-state index >= 15 is 0 Å². The van der Waals surface area contributed by atoms with Crippen molar-refractivity contribution in [1.29, 1.82) is 0 Å². The largest absolute Gasteiger partial charge is 0.103 e. The van der Waals surface area contributed by atoms with E-state index < -0.39 is 0 Å². The van der Waals surface area contributed by atoms with E-state index in [-0.39, 0.29) is 0 Å². The molecule has 0 heteroatoms. The van der Waals surface area contributed by atoms with Gasteiger partial charge in [-0.2, -0.15) is 0 Å². The highest BCUT2D eigenvalue weighted by Crippen LogP contribution is 2.17. The first-order valence-corrected chi connectivity index (χ1v) is 3.27. The van der Waals surface area contributed by atoms with Gasteiger partial charge in [0.25, 0.3) is 0 Å². The lowest BCUT2D eigenvalue weighted by molar-refractivity contribution is 0.471. The fourth-order valence-electron chi connectivity index (χ4n) is 1.15. The Hall–Kier alpha value is -0.440. The van der Waals surface area contributed by atoms with E-state index in [0.29, 0.717) is 5.92 Å². The van der Waals surface area contributed by atoms with Gasteiger partial charge in [-0.3, -0.25) is 0 Å². The van der Waals surface area contributed by atoms with Gasteiger partial charge in [0.05, 0.1) is 0 Å². The molecule has 0 heterocycles. The zero-order chi connectivity index (χ0) is 5.98. The third-order valence-electron chi connectivity index (χ3n) is 1.55. The van der Waals surface area contributed by atoms with Crippen LogP contribution in [0.4, 0.5) is 0 Å². The van der Waals surface area contributed by atoms with Crippen LogP contribution < -0.4 is 0 Å². The quantitative estimate of drug-likeness (QED) is 0.417. The minimum atomic E-state index is 0.652. The Morgan fingerprint density at radius 1 is 1.38 bits per heavy atom. The number of hydrogen-bond acceptors (Lipinski definition) is 0. The molecule has 0 nitrogen and oxygen atoms in total. The van der Waals surface area contributed by atoms with Gasteiger partial charge in [-0.05, 0) is 12.3 Å². The summed E-state index contributed by atoms with van der Waals surface area (Å²) in [7, 11) is 0. The van der Waals surface area contributed by atoms with Crippen molar-refractivity contribution < 1.29 is 0 Å². The molecule has 1 rings (SSSR count). The zero-order valence-corrected chi connectivity index (χ0v) is 5.57. The molecule has 0 bridgehead atoms. The molecule has 2 unspecified atom stereocenters. The maximum absolute atomic E-state index is 3.16. The van der Waals surface area contributed by atoms with Gasteiger partial charge in [0.1, 0.15) is 0 Å². The van der Waals surface area contributed by atoms with Crippen LogP contribution in [0.3, 0.4) is 0 Å². The maximum Gasteiger partial charge on any atom is 0.0177 e. The Labute approximate surface area is 51.3 Å². The van der Waals surface area contributed by atoms with Gasteiger partial charge in [0, 0.05) is 12.3 Å². The van der Waals surface area contributed by atoms with E-state index in [1.807, 2.05) is 0 Å². The highest BCUT2D eigenvalue weighted by Gasteiger charge is 2.07. The summed E-state index contributed by atoms with van der Waals surface area (Å²) in [6, 6.07) is 0. The van der Waals surface area contributed by atoms with Crippen molar-refractivity contribution in [3.8, 4) is 11.8 Å². The van der Waals surface area contributed by atoms with Gasteiger partial charge in [-0.25, -0.2) is 0 Å². The van der Waals surface area contributed by atoms with Crippen molar-refractivity contribution in [3.63, 3.8) is 0 Å². The van der Waals surface area contributed by atoms with Crippen LogP contribution >= 0.6 is 0 Å². The molecule has 0 amide bonds. The van der Waals surface area contributed by atoms with Crippen LogP contribution in [0.15, 0.2) is 0 Å². The first-order valence-electron chi connectivity index (χ1n) is 3.27. The van der Waals surface area contributed by atoms with Crippen LogP contribution in [0.1, 0.15) is 26.7 Å². The zero-order valence-electron chi connectivity index (χ0n) is 5.57. The smallest absolute Gasteiger partial charge is 0.0177 e. The molecule has 0 aromatic carbocycles. The minimum Gasteiger partial charge on any atom is -0.103 e. The van der Waals surface area contributed by atoms with Crippen LogP contribution in [-0.2, 0) is 0 Å². The summed E-state index contributed by atoms with van der Waals surface area (Å²) in [6.45, 7) is 4.47. The lowest BCUT2D eigenvalue weighted by Gasteiger charge is -2.13. The van der Waals surface area contributed by atoms with Crippen molar-refractivity contribution >= 4 is 0 Å². The van der Waals surface area contributed by atoms with Gasteiger partial charge in [0.15, 0.2) is 0 Å². The molecular weight excluding hydrogens is 96.1 g/mol. The van der Waals surface area contributed by atoms with Crippen molar-refractivity contribution in [2.45, 2.75) is 26.7 Å². The Morgan fingerprint density at radius 3 is 2.50 bits per heavy atom. The number of rotatable bonds is 0. The fourth-order valence-corrected chi connectivity index (χ4v) is 1.15. The second kappa shape index (κ2) is 2.22. The molecule has 0 aliphatic heterocycles. The van der Waals surface area contributed by atoms with Gasteiger partial charge in [0.2, 0.25) is 0 Å². The van der Waals surface area contributed by atoms with Gasteiger partial charge < -0.3 is 0 Å². The van der Waals surface area contributed by atoms with E-state index in [4.69, 9.17) is 0 Å². The summed E-state index contributed by atoms with van der Waals surface area (Å²) in [5, 5.41) is 0. The predicted molar refractivity (Wildman–Crippen MR) is 35.3 cm³/mol. The Morgan fingerprint density at radius 2 is 2.12 bits per heavy atom. The molecule has 8 heavy (non-hydrogen) atoms. The van der Waals surface area contributed by atoms with E-state index in [0.717, 1.165) is 12.3 Å². The van der Waals surface area contributed by atoms with E-state index in [1.54, 1.807) is 0 Å². The second-order valence-electron chi connectivity index (χ2n) is 2.77. The minimum absolute atomic E-state index is 0.652. The average Bonchev–Trinajstić information content (AvgIpc) is 1.64. The van der Waals surface area contributed by atoms with Crippen LogP contribution in [-0.4, -0.2) is 0 Å². The average molecular weight is 108 g/mol. The van der Waals surface area contributed by atoms with E-state index in [1.165, 1.54) is 6.42 Å². The lowest BCUT2D eigenvalue weighted by atomic mass is 9.91. The summed E-state index contributed by atoms with van der Waals surface area (Å²) in [4.78, 5) is 0. The van der Waals surface area contributed by atoms with E-state index in [2.05, 4.69) is 25.7 Å². The SMILES string of the molecule is CC1C#CCC(C)C1. The standard InChI is InChI=1S/C8H12/c1-7-4-3-5-8(2)6-7/h7-8H,4,6H2,1-2H3. The van der Waals surface area contributed by atoms with Crippen LogP contribution in [0.5, 0.6) is 0 Å². The van der Waals surface area contributed by atoms with E-state index in [9.17, 15) is 0 Å². The highest BCUT2D eigenvalue weighted by molar-refractivity contribution is 5.07.